The number of likely N-dealkylation sites (N-methyl/N-ethyl adjacent to an activating group) is 1. The molecule has 2 aliphatic heterocycles. The second-order valence-corrected chi connectivity index (χ2v) is 12.5. The summed E-state index contributed by atoms with van der Waals surface area (Å²) in [5.74, 6) is -2.71. The zero-order valence-corrected chi connectivity index (χ0v) is 25.4. The molecule has 5 rings (SSSR count). The molecule has 2 fully saturated rings. The van der Waals surface area contributed by atoms with Crippen molar-refractivity contribution >= 4 is 34.1 Å². The second kappa shape index (κ2) is 13.9. The van der Waals surface area contributed by atoms with E-state index < -0.39 is 29.3 Å². The Morgan fingerprint density at radius 1 is 1.13 bits per heavy atom. The van der Waals surface area contributed by atoms with E-state index in [4.69, 9.17) is 5.11 Å². The van der Waals surface area contributed by atoms with E-state index in [1.54, 1.807) is 4.90 Å². The number of hydrogen-bond donors (Lipinski definition) is 2. The first kappa shape index (κ1) is 34.4. The van der Waals surface area contributed by atoms with Crippen molar-refractivity contribution in [2.45, 2.75) is 77.8 Å². The van der Waals surface area contributed by atoms with Crippen LogP contribution in [0.3, 0.4) is 0 Å². The van der Waals surface area contributed by atoms with Gasteiger partial charge in [-0.1, -0.05) is 18.8 Å². The van der Waals surface area contributed by atoms with Gasteiger partial charge in [0.05, 0.1) is 17.7 Å². The molecule has 2 N–H and O–H groups in total. The molecule has 0 bridgehead atoms. The third kappa shape index (κ3) is 7.87. The number of nitrogens with zero attached hydrogens (tertiary/aromatic N) is 6. The van der Waals surface area contributed by atoms with Crippen LogP contribution in [0.15, 0.2) is 24.5 Å². The first-order valence-corrected chi connectivity index (χ1v) is 15.2. The predicted octanol–water partition coefficient (Wildman–Crippen LogP) is 6.63. The second-order valence-electron chi connectivity index (χ2n) is 11.5. The minimum atomic E-state index is -4.74. The van der Waals surface area contributed by atoms with E-state index in [2.05, 4.69) is 39.0 Å². The first-order valence-electron chi connectivity index (χ1n) is 14.4. The Hall–Kier alpha value is -3.43. The average Bonchev–Trinajstić information content (AvgIpc) is 3.68. The quantitative estimate of drug-likeness (QED) is 0.233. The molecule has 2 saturated heterocycles. The normalized spacial score (nSPS) is 20.6. The fourth-order valence-electron chi connectivity index (χ4n) is 5.87. The highest BCUT2D eigenvalue weighted by Gasteiger charge is 2.34. The van der Waals surface area contributed by atoms with E-state index in [-0.39, 0.29) is 60.0 Å². The fraction of sp³-hybridized carbons (Fsp3) is 0.533. The van der Waals surface area contributed by atoms with Gasteiger partial charge in [0.15, 0.2) is 16.8 Å². The first-order chi connectivity index (χ1) is 20.8. The maximum absolute atomic E-state index is 15.8. The van der Waals surface area contributed by atoms with Gasteiger partial charge in [-0.2, -0.15) is 17.6 Å². The lowest BCUT2D eigenvalue weighted by Crippen LogP contribution is -2.36. The summed E-state index contributed by atoms with van der Waals surface area (Å²) in [6, 6.07) is 2.85. The summed E-state index contributed by atoms with van der Waals surface area (Å²) in [7, 11) is 1.83. The topological polar surface area (TPSA) is 97.7 Å². The van der Waals surface area contributed by atoms with Gasteiger partial charge in [-0.05, 0) is 58.4 Å². The fourth-order valence-corrected chi connectivity index (χ4v) is 6.86. The molecule has 45 heavy (non-hydrogen) atoms. The summed E-state index contributed by atoms with van der Waals surface area (Å²) >= 11 is 1.16. The van der Waals surface area contributed by atoms with Gasteiger partial charge in [-0.25, -0.2) is 19.3 Å². The van der Waals surface area contributed by atoms with Gasteiger partial charge in [0, 0.05) is 54.7 Å². The number of carbonyl (C=O) groups is 1. The van der Waals surface area contributed by atoms with Crippen LogP contribution in [-0.4, -0.2) is 80.6 Å². The molecule has 246 valence electrons. The molecule has 0 radical (unpaired) electrons. The number of aromatic nitrogens is 3. The highest BCUT2D eigenvalue weighted by atomic mass is 32.1. The van der Waals surface area contributed by atoms with E-state index in [0.29, 0.717) is 43.5 Å². The van der Waals surface area contributed by atoms with Crippen LogP contribution in [0.2, 0.25) is 0 Å². The number of carboxylic acids is 1. The van der Waals surface area contributed by atoms with Gasteiger partial charge >= 0.3 is 12.1 Å². The van der Waals surface area contributed by atoms with Gasteiger partial charge < -0.3 is 20.2 Å². The zero-order chi connectivity index (χ0) is 31.8. The van der Waals surface area contributed by atoms with Crippen molar-refractivity contribution in [1.82, 2.24) is 24.8 Å². The van der Waals surface area contributed by atoms with Crippen LogP contribution in [0, 0.1) is 11.6 Å². The molecule has 2 aromatic heterocycles. The Morgan fingerprint density at radius 2 is 1.84 bits per heavy atom. The number of anilines is 3. The van der Waals surface area contributed by atoms with Crippen LogP contribution in [0.4, 0.5) is 38.7 Å². The molecule has 9 nitrogen and oxygen atoms in total. The monoisotopic (exact) mass is 655 g/mol. The summed E-state index contributed by atoms with van der Waals surface area (Å²) < 4.78 is 70.8. The number of aliphatic carboxylic acids is 1. The minimum Gasteiger partial charge on any atom is -0.481 e. The maximum atomic E-state index is 15.8. The maximum Gasteiger partial charge on any atom is 0.416 e. The summed E-state index contributed by atoms with van der Waals surface area (Å²) in [6.45, 7) is 5.87. The molecule has 1 aromatic carbocycles. The Balaban J connectivity index is 0.00000461. The SMILES string of the molecule is C.C[C@@H]1CC[C@@H](C)N1Cc1sc(Nc2ncnc(N3CC[C@H](N(C)CCC(=O)O)C3)c2F)nc1-c1cc(F)cc(C(F)(F)F)c1. The number of rotatable bonds is 10. The predicted molar refractivity (Wildman–Crippen MR) is 164 cm³/mol. The van der Waals surface area contributed by atoms with Crippen molar-refractivity contribution in [3.63, 3.8) is 0 Å². The zero-order valence-electron chi connectivity index (χ0n) is 24.5. The molecule has 3 aromatic rings. The average molecular weight is 656 g/mol. The molecular formula is C30H38F5N7O2S. The number of benzene rings is 1. The number of likely N-dealkylation sites (tertiary alicyclic amines) is 1. The molecule has 0 spiro atoms. The number of alkyl halides is 3. The number of carboxylic acid groups (broad SMARTS) is 1. The van der Waals surface area contributed by atoms with Crippen LogP contribution in [0.25, 0.3) is 11.3 Å². The molecule has 0 amide bonds. The van der Waals surface area contributed by atoms with Gasteiger partial charge in [0.1, 0.15) is 12.1 Å². The minimum absolute atomic E-state index is 0. The van der Waals surface area contributed by atoms with Crippen molar-refractivity contribution in [2.75, 3.05) is 36.9 Å². The van der Waals surface area contributed by atoms with Crippen LogP contribution in [0.1, 0.15) is 57.4 Å². The van der Waals surface area contributed by atoms with Gasteiger partial charge in [0.25, 0.3) is 0 Å². The molecule has 0 aliphatic carbocycles. The lowest BCUT2D eigenvalue weighted by Gasteiger charge is -2.25. The number of thiazole rings is 1. The number of hydrogen-bond acceptors (Lipinski definition) is 9. The van der Waals surface area contributed by atoms with E-state index in [1.807, 2.05) is 11.9 Å². The standard InChI is InChI=1S/C29H34F5N7O2S.CH4/c1-16-4-5-17(2)41(16)14-22-25(18-10-19(29(32,33)34)12-20(30)11-18)37-28(44-22)38-26-24(31)27(36-15-35-26)40-9-6-21(13-40)39(3)8-7-23(42)43;/h10-12,15-17,21H,4-9,13-14H2,1-3H3,(H,42,43)(H,35,36,37,38);1H4/t16-,17-,21+;/m1./s1. The smallest absolute Gasteiger partial charge is 0.416 e. The van der Waals surface area contributed by atoms with Crippen molar-refractivity contribution < 1.29 is 31.9 Å². The molecule has 15 heteroatoms. The highest BCUT2D eigenvalue weighted by Crippen LogP contribution is 2.39. The lowest BCUT2D eigenvalue weighted by molar-refractivity contribution is -0.138. The highest BCUT2D eigenvalue weighted by molar-refractivity contribution is 7.16. The number of halogens is 5. The van der Waals surface area contributed by atoms with Gasteiger partial charge in [-0.3, -0.25) is 9.69 Å². The third-order valence-electron chi connectivity index (χ3n) is 8.42. The van der Waals surface area contributed by atoms with E-state index in [9.17, 15) is 22.4 Å². The molecule has 0 unspecified atom stereocenters. The van der Waals surface area contributed by atoms with Gasteiger partial charge in [0.2, 0.25) is 5.82 Å². The largest absolute Gasteiger partial charge is 0.481 e. The van der Waals surface area contributed by atoms with Crippen molar-refractivity contribution in [3.05, 3.63) is 46.6 Å². The van der Waals surface area contributed by atoms with Crippen molar-refractivity contribution in [1.29, 1.82) is 0 Å². The summed E-state index contributed by atoms with van der Waals surface area (Å²) in [5.41, 5.74) is -0.946. The van der Waals surface area contributed by atoms with Gasteiger partial charge in [-0.15, -0.1) is 0 Å². The summed E-state index contributed by atoms with van der Waals surface area (Å²) in [5, 5.41) is 12.1. The summed E-state index contributed by atoms with van der Waals surface area (Å²) in [4.78, 5) is 30.2. The Morgan fingerprint density at radius 3 is 2.51 bits per heavy atom. The van der Waals surface area contributed by atoms with Crippen LogP contribution < -0.4 is 10.2 Å². The molecule has 0 saturated carbocycles. The Labute approximate surface area is 263 Å². The van der Waals surface area contributed by atoms with E-state index in [1.165, 1.54) is 6.33 Å². The van der Waals surface area contributed by atoms with Crippen LogP contribution >= 0.6 is 11.3 Å². The molecule has 4 heterocycles. The number of nitrogens with one attached hydrogen (secondary N) is 1. The lowest BCUT2D eigenvalue weighted by atomic mass is 10.1. The van der Waals surface area contributed by atoms with Crippen LogP contribution in [-0.2, 0) is 17.5 Å². The third-order valence-corrected chi connectivity index (χ3v) is 9.37. The summed E-state index contributed by atoms with van der Waals surface area (Å²) in [6.07, 6.45) is -0.883. The molecule has 3 atom stereocenters. The molecule has 2 aliphatic rings. The Kier molecular flexibility index (Phi) is 10.6. The Bertz CT molecular complexity index is 1490. The van der Waals surface area contributed by atoms with E-state index >= 15 is 4.39 Å². The molecular weight excluding hydrogens is 617 g/mol. The van der Waals surface area contributed by atoms with E-state index in [0.717, 1.165) is 36.3 Å². The van der Waals surface area contributed by atoms with Crippen LogP contribution in [0.5, 0.6) is 0 Å². The van der Waals surface area contributed by atoms with Crippen molar-refractivity contribution in [3.8, 4) is 11.3 Å². The van der Waals surface area contributed by atoms with Crippen molar-refractivity contribution in [2.24, 2.45) is 0 Å².